The lowest BCUT2D eigenvalue weighted by Crippen LogP contribution is -2.42. The van der Waals surface area contributed by atoms with Gasteiger partial charge in [0.15, 0.2) is 0 Å². The number of urea groups is 1. The van der Waals surface area contributed by atoms with Crippen LogP contribution in [-0.4, -0.2) is 36.5 Å². The van der Waals surface area contributed by atoms with Gasteiger partial charge in [0.05, 0.1) is 0 Å². The summed E-state index contributed by atoms with van der Waals surface area (Å²) >= 11 is 5.87. The molecule has 1 aromatic carbocycles. The van der Waals surface area contributed by atoms with Gasteiger partial charge >= 0.3 is 6.03 Å². The third-order valence-corrected chi connectivity index (χ3v) is 4.82. The Balaban J connectivity index is 1.68. The monoisotopic (exact) mass is 365 g/mol. The summed E-state index contributed by atoms with van der Waals surface area (Å²) in [4.78, 5) is 25.1. The maximum atomic E-state index is 12.4. The molecule has 1 aromatic rings. The van der Waals surface area contributed by atoms with E-state index in [1.165, 1.54) is 6.42 Å². The second-order valence-electron chi connectivity index (χ2n) is 6.72. The van der Waals surface area contributed by atoms with Gasteiger partial charge in [-0.25, -0.2) is 4.79 Å². The smallest absolute Gasteiger partial charge is 0.321 e. The highest BCUT2D eigenvalue weighted by Gasteiger charge is 2.23. The number of unbranched alkanes of at least 4 members (excludes halogenated alkanes) is 2. The zero-order chi connectivity index (χ0) is 18.1. The van der Waals surface area contributed by atoms with Gasteiger partial charge in [-0.2, -0.15) is 0 Å². The van der Waals surface area contributed by atoms with Crippen molar-refractivity contribution in [3.05, 3.63) is 29.3 Å². The molecule has 0 aromatic heterocycles. The van der Waals surface area contributed by atoms with Gasteiger partial charge in [-0.1, -0.05) is 24.4 Å². The molecule has 2 N–H and O–H groups in total. The molecule has 2 rings (SSSR count). The minimum Gasteiger partial charge on any atom is -0.356 e. The van der Waals surface area contributed by atoms with Crippen LogP contribution in [-0.2, 0) is 4.79 Å². The quantitative estimate of drug-likeness (QED) is 0.708. The molecule has 1 aliphatic heterocycles. The van der Waals surface area contributed by atoms with E-state index < -0.39 is 0 Å². The van der Waals surface area contributed by atoms with Crippen LogP contribution >= 0.6 is 11.6 Å². The van der Waals surface area contributed by atoms with E-state index in [1.54, 1.807) is 19.1 Å². The number of hydrogen-bond acceptors (Lipinski definition) is 2. The second kappa shape index (κ2) is 10.3. The minimum absolute atomic E-state index is 0.0299. The van der Waals surface area contributed by atoms with E-state index in [2.05, 4.69) is 10.6 Å². The fourth-order valence-electron chi connectivity index (χ4n) is 3.22. The van der Waals surface area contributed by atoms with Crippen LogP contribution in [0.15, 0.2) is 24.3 Å². The van der Waals surface area contributed by atoms with Crippen molar-refractivity contribution in [3.63, 3.8) is 0 Å². The summed E-state index contributed by atoms with van der Waals surface area (Å²) in [5.41, 5.74) is 0.773. The van der Waals surface area contributed by atoms with Crippen molar-refractivity contribution in [2.45, 2.75) is 45.4 Å². The SMILES string of the molecule is CC(=O)NCCCCC[C@@H]1CCCN(C(=O)Nc2ccc(Cl)cc2)C1. The summed E-state index contributed by atoms with van der Waals surface area (Å²) in [5.74, 6) is 0.611. The second-order valence-corrected chi connectivity index (χ2v) is 7.16. The van der Waals surface area contributed by atoms with Gasteiger partial charge in [-0.05, 0) is 55.9 Å². The first-order valence-electron chi connectivity index (χ1n) is 9.10. The van der Waals surface area contributed by atoms with Crippen molar-refractivity contribution in [2.75, 3.05) is 25.0 Å². The van der Waals surface area contributed by atoms with Crippen molar-refractivity contribution < 1.29 is 9.59 Å². The van der Waals surface area contributed by atoms with Crippen molar-refractivity contribution in [1.29, 1.82) is 0 Å². The number of carbonyl (C=O) groups is 2. The normalized spacial score (nSPS) is 17.2. The predicted molar refractivity (Wildman–Crippen MR) is 102 cm³/mol. The Kier molecular flexibility index (Phi) is 8.06. The Labute approximate surface area is 155 Å². The molecule has 0 unspecified atom stereocenters. The molecule has 0 aliphatic carbocycles. The summed E-state index contributed by atoms with van der Waals surface area (Å²) < 4.78 is 0. The fraction of sp³-hybridized carbons (Fsp3) is 0.579. The van der Waals surface area contributed by atoms with E-state index in [0.29, 0.717) is 10.9 Å². The zero-order valence-electron chi connectivity index (χ0n) is 14.9. The molecular formula is C19H28ClN3O2. The molecule has 1 aliphatic rings. The first kappa shape index (κ1) is 19.6. The zero-order valence-corrected chi connectivity index (χ0v) is 15.6. The summed E-state index contributed by atoms with van der Waals surface area (Å²) in [6, 6.07) is 7.15. The van der Waals surface area contributed by atoms with Crippen LogP contribution in [0.25, 0.3) is 0 Å². The summed E-state index contributed by atoms with van der Waals surface area (Å²) in [5, 5.41) is 6.43. The van der Waals surface area contributed by atoms with Crippen molar-refractivity contribution in [1.82, 2.24) is 10.2 Å². The molecule has 3 amide bonds. The lowest BCUT2D eigenvalue weighted by atomic mass is 9.92. The Bertz CT molecular complexity index is 562. The van der Waals surface area contributed by atoms with Gasteiger partial charge < -0.3 is 15.5 Å². The number of likely N-dealkylation sites (tertiary alicyclic amines) is 1. The van der Waals surface area contributed by atoms with Gasteiger partial charge in [-0.3, -0.25) is 4.79 Å². The molecule has 138 valence electrons. The molecule has 1 atom stereocenters. The predicted octanol–water partition coefficient (Wildman–Crippen LogP) is 4.28. The fourth-order valence-corrected chi connectivity index (χ4v) is 3.35. The summed E-state index contributed by atoms with van der Waals surface area (Å²) in [6.07, 6.45) is 6.68. The van der Waals surface area contributed by atoms with E-state index in [-0.39, 0.29) is 11.9 Å². The Hall–Kier alpha value is -1.75. The first-order chi connectivity index (χ1) is 12.0. The largest absolute Gasteiger partial charge is 0.356 e. The Morgan fingerprint density at radius 1 is 1.20 bits per heavy atom. The molecule has 1 fully saturated rings. The third kappa shape index (κ3) is 7.34. The number of nitrogens with zero attached hydrogens (tertiary/aromatic N) is 1. The van der Waals surface area contributed by atoms with Crippen LogP contribution in [0.5, 0.6) is 0 Å². The van der Waals surface area contributed by atoms with E-state index in [0.717, 1.165) is 57.4 Å². The van der Waals surface area contributed by atoms with Crippen LogP contribution in [0.4, 0.5) is 10.5 Å². The summed E-state index contributed by atoms with van der Waals surface area (Å²) in [6.45, 7) is 3.95. The van der Waals surface area contributed by atoms with E-state index >= 15 is 0 Å². The molecular weight excluding hydrogens is 338 g/mol. The van der Waals surface area contributed by atoms with E-state index in [1.807, 2.05) is 17.0 Å². The standard InChI is InChI=1S/C19H28ClN3O2/c1-15(24)21-12-4-2-3-6-16-7-5-13-23(14-16)19(25)22-18-10-8-17(20)9-11-18/h8-11,16H,2-7,12-14H2,1H3,(H,21,24)(H,22,25)/t16-/m1/s1. The van der Waals surface area contributed by atoms with Crippen LogP contribution in [0, 0.1) is 5.92 Å². The molecule has 5 nitrogen and oxygen atoms in total. The number of anilines is 1. The van der Waals surface area contributed by atoms with Crippen molar-refractivity contribution in [3.8, 4) is 0 Å². The van der Waals surface area contributed by atoms with Gasteiger partial charge in [-0.15, -0.1) is 0 Å². The lowest BCUT2D eigenvalue weighted by Gasteiger charge is -2.33. The van der Waals surface area contributed by atoms with Gasteiger partial charge in [0.1, 0.15) is 0 Å². The number of piperidine rings is 1. The maximum absolute atomic E-state index is 12.4. The van der Waals surface area contributed by atoms with E-state index in [4.69, 9.17) is 11.6 Å². The molecule has 0 bridgehead atoms. The average molecular weight is 366 g/mol. The topological polar surface area (TPSA) is 61.4 Å². The lowest BCUT2D eigenvalue weighted by molar-refractivity contribution is -0.118. The van der Waals surface area contributed by atoms with Gasteiger partial charge in [0.25, 0.3) is 0 Å². The Morgan fingerprint density at radius 3 is 2.68 bits per heavy atom. The number of amides is 3. The third-order valence-electron chi connectivity index (χ3n) is 4.56. The maximum Gasteiger partial charge on any atom is 0.321 e. The molecule has 6 heteroatoms. The number of carbonyl (C=O) groups excluding carboxylic acids is 2. The number of benzene rings is 1. The highest BCUT2D eigenvalue weighted by molar-refractivity contribution is 6.30. The summed E-state index contributed by atoms with van der Waals surface area (Å²) in [7, 11) is 0. The molecule has 0 saturated carbocycles. The van der Waals surface area contributed by atoms with Crippen molar-refractivity contribution >= 4 is 29.2 Å². The highest BCUT2D eigenvalue weighted by Crippen LogP contribution is 2.23. The van der Waals surface area contributed by atoms with Crippen LogP contribution in [0.3, 0.4) is 0 Å². The average Bonchev–Trinajstić information content (AvgIpc) is 2.60. The number of halogens is 1. The van der Waals surface area contributed by atoms with Crippen LogP contribution in [0.2, 0.25) is 5.02 Å². The minimum atomic E-state index is -0.0299. The van der Waals surface area contributed by atoms with Crippen LogP contribution in [0.1, 0.15) is 45.4 Å². The number of nitrogens with one attached hydrogen (secondary N) is 2. The molecule has 25 heavy (non-hydrogen) atoms. The number of hydrogen-bond donors (Lipinski definition) is 2. The molecule has 0 radical (unpaired) electrons. The molecule has 0 spiro atoms. The van der Waals surface area contributed by atoms with Crippen molar-refractivity contribution in [2.24, 2.45) is 5.92 Å². The van der Waals surface area contributed by atoms with Gasteiger partial charge in [0.2, 0.25) is 5.91 Å². The molecule has 1 saturated heterocycles. The number of rotatable bonds is 7. The first-order valence-corrected chi connectivity index (χ1v) is 9.48. The molecule has 1 heterocycles. The van der Waals surface area contributed by atoms with Crippen LogP contribution < -0.4 is 10.6 Å². The highest BCUT2D eigenvalue weighted by atomic mass is 35.5. The van der Waals surface area contributed by atoms with Gasteiger partial charge in [0, 0.05) is 37.3 Å². The van der Waals surface area contributed by atoms with E-state index in [9.17, 15) is 9.59 Å². The Morgan fingerprint density at radius 2 is 1.96 bits per heavy atom.